The van der Waals surface area contributed by atoms with Crippen molar-refractivity contribution in [2.75, 3.05) is 20.3 Å². The molecule has 9 nitrogen and oxygen atoms in total. The summed E-state index contributed by atoms with van der Waals surface area (Å²) in [6, 6.07) is 28.9. The average molecular weight is 751 g/mol. The highest BCUT2D eigenvalue weighted by Crippen LogP contribution is 2.38. The summed E-state index contributed by atoms with van der Waals surface area (Å²) in [5, 5.41) is 9.08. The van der Waals surface area contributed by atoms with E-state index in [4.69, 9.17) is 29.2 Å². The summed E-state index contributed by atoms with van der Waals surface area (Å²) in [5.41, 5.74) is 4.00. The second-order valence-electron chi connectivity index (χ2n) is 11.1. The number of ether oxygens (including phenoxy) is 4. The second-order valence-corrected chi connectivity index (χ2v) is 12.9. The summed E-state index contributed by atoms with van der Waals surface area (Å²) in [6.45, 7) is 4.58. The van der Waals surface area contributed by atoms with Crippen LogP contribution in [0, 0.1) is 11.3 Å². The zero-order chi connectivity index (χ0) is 35.2. The highest BCUT2D eigenvalue weighted by molar-refractivity contribution is 9.10. The van der Waals surface area contributed by atoms with Crippen molar-refractivity contribution in [3.05, 3.63) is 149 Å². The van der Waals surface area contributed by atoms with Crippen LogP contribution in [0.2, 0.25) is 0 Å². The molecule has 0 saturated heterocycles. The fourth-order valence-corrected chi connectivity index (χ4v) is 7.19. The van der Waals surface area contributed by atoms with Gasteiger partial charge in [0.2, 0.25) is 0 Å². The third-order valence-electron chi connectivity index (χ3n) is 7.90. The van der Waals surface area contributed by atoms with E-state index >= 15 is 0 Å². The van der Waals surface area contributed by atoms with Crippen molar-refractivity contribution in [3.8, 4) is 23.3 Å². The third-order valence-corrected chi connectivity index (χ3v) is 9.47. The first-order valence-electron chi connectivity index (χ1n) is 15.9. The Labute approximate surface area is 301 Å². The molecule has 1 aromatic heterocycles. The van der Waals surface area contributed by atoms with Crippen LogP contribution >= 0.6 is 27.3 Å². The van der Waals surface area contributed by atoms with E-state index in [1.54, 1.807) is 42.9 Å². The minimum absolute atomic E-state index is 0.161. The molecule has 50 heavy (non-hydrogen) atoms. The molecule has 0 aliphatic carbocycles. The largest absolute Gasteiger partial charge is 0.494 e. The standard InChI is InChI=1S/C39H32BrN3O6S/c1-4-47-29-17-15-28(16-18-29)35-33(38(45)48-5-2)34(27-9-7-6-8-10-27)42-39-43(35)37(44)32(50-39)21-26-19-30(40)36(31(20-26)46-3)49-23-25-13-11-24(22-41)12-14-25/h6-21,35H,4-5,23H2,1-3H3/b32-21-/t35-/m1/s1. The molecule has 0 N–H and O–H groups in total. The van der Waals surface area contributed by atoms with Gasteiger partial charge >= 0.3 is 5.97 Å². The summed E-state index contributed by atoms with van der Waals surface area (Å²) in [4.78, 5) is 33.4. The number of benzene rings is 4. The number of hydrogen-bond donors (Lipinski definition) is 0. The van der Waals surface area contributed by atoms with Gasteiger partial charge in [0, 0.05) is 5.56 Å². The maximum absolute atomic E-state index is 14.3. The summed E-state index contributed by atoms with van der Waals surface area (Å²) in [6.07, 6.45) is 1.77. The zero-order valence-electron chi connectivity index (χ0n) is 27.5. The highest BCUT2D eigenvalue weighted by atomic mass is 79.9. The van der Waals surface area contributed by atoms with Gasteiger partial charge in [-0.25, -0.2) is 9.79 Å². The molecule has 5 aromatic rings. The van der Waals surface area contributed by atoms with Crippen molar-refractivity contribution >= 4 is 45.0 Å². The van der Waals surface area contributed by atoms with Crippen molar-refractivity contribution in [1.29, 1.82) is 5.26 Å². The molecule has 4 aromatic carbocycles. The molecule has 0 radical (unpaired) electrons. The Hall–Kier alpha value is -5.44. The summed E-state index contributed by atoms with van der Waals surface area (Å²) in [7, 11) is 1.55. The number of carbonyl (C=O) groups is 1. The Bertz CT molecular complexity index is 2290. The molecule has 2 heterocycles. The molecule has 0 fully saturated rings. The number of nitriles is 1. The molecule has 0 unspecified atom stereocenters. The van der Waals surface area contributed by atoms with E-state index in [9.17, 15) is 9.59 Å². The minimum atomic E-state index is -0.808. The van der Waals surface area contributed by atoms with Crippen molar-refractivity contribution < 1.29 is 23.7 Å². The lowest BCUT2D eigenvalue weighted by Crippen LogP contribution is -2.40. The maximum atomic E-state index is 14.3. The molecule has 0 saturated carbocycles. The molecular formula is C39H32BrN3O6S. The van der Waals surface area contributed by atoms with Crippen LogP contribution in [0.3, 0.4) is 0 Å². The molecule has 252 valence electrons. The van der Waals surface area contributed by atoms with E-state index in [-0.39, 0.29) is 24.3 Å². The van der Waals surface area contributed by atoms with Gasteiger partial charge in [0.1, 0.15) is 12.4 Å². The molecule has 6 rings (SSSR count). The van der Waals surface area contributed by atoms with Crippen LogP contribution in [0.15, 0.2) is 111 Å². The Kier molecular flexibility index (Phi) is 10.6. The number of esters is 1. The summed E-state index contributed by atoms with van der Waals surface area (Å²) in [5.74, 6) is 1.10. The molecule has 0 bridgehead atoms. The molecule has 1 aliphatic heterocycles. The number of fused-ring (bicyclic) bond motifs is 1. The first kappa shape index (κ1) is 34.4. The number of carbonyl (C=O) groups excluding carboxylic acids is 1. The van der Waals surface area contributed by atoms with Gasteiger partial charge in [-0.2, -0.15) is 5.26 Å². The zero-order valence-corrected chi connectivity index (χ0v) is 29.9. The van der Waals surface area contributed by atoms with Crippen LogP contribution in [0.25, 0.3) is 11.8 Å². The fourth-order valence-electron chi connectivity index (χ4n) is 5.61. The lowest BCUT2D eigenvalue weighted by Gasteiger charge is -2.26. The van der Waals surface area contributed by atoms with Crippen molar-refractivity contribution in [2.45, 2.75) is 26.5 Å². The van der Waals surface area contributed by atoms with E-state index in [0.29, 0.717) is 60.0 Å². The monoisotopic (exact) mass is 749 g/mol. The average Bonchev–Trinajstić information content (AvgIpc) is 3.45. The SMILES string of the molecule is CCOC(=O)C1=C(c2ccccc2)N=c2s/c(=C\c3cc(Br)c(OCc4ccc(C#N)cc4)c(OC)c3)c(=O)n2[C@@H]1c1ccc(OCC)cc1. The smallest absolute Gasteiger partial charge is 0.338 e. The van der Waals surface area contributed by atoms with Crippen LogP contribution in [0.1, 0.15) is 47.7 Å². The molecule has 1 atom stereocenters. The molecule has 0 spiro atoms. The van der Waals surface area contributed by atoms with Gasteiger partial charge < -0.3 is 18.9 Å². The number of aromatic nitrogens is 1. The Morgan fingerprint density at radius 2 is 1.74 bits per heavy atom. The van der Waals surface area contributed by atoms with Gasteiger partial charge in [-0.05, 0) is 88.9 Å². The van der Waals surface area contributed by atoms with Crippen LogP contribution in [0.4, 0.5) is 0 Å². The van der Waals surface area contributed by atoms with E-state index in [0.717, 1.165) is 11.1 Å². The number of halogens is 1. The first-order chi connectivity index (χ1) is 24.3. The van der Waals surface area contributed by atoms with Gasteiger partial charge in [-0.1, -0.05) is 65.9 Å². The number of thiazole rings is 1. The van der Waals surface area contributed by atoms with Crippen LogP contribution in [-0.2, 0) is 16.1 Å². The summed E-state index contributed by atoms with van der Waals surface area (Å²) >= 11 is 4.85. The van der Waals surface area contributed by atoms with E-state index in [1.165, 1.54) is 11.3 Å². The first-order valence-corrected chi connectivity index (χ1v) is 17.5. The van der Waals surface area contributed by atoms with Gasteiger partial charge in [-0.3, -0.25) is 9.36 Å². The lowest BCUT2D eigenvalue weighted by atomic mass is 9.93. The number of nitrogens with zero attached hydrogens (tertiary/aromatic N) is 3. The van der Waals surface area contributed by atoms with Crippen LogP contribution < -0.4 is 29.1 Å². The van der Waals surface area contributed by atoms with Gasteiger partial charge in [0.05, 0.1) is 58.3 Å². The number of rotatable bonds is 11. The quantitative estimate of drug-likeness (QED) is 0.141. The van der Waals surface area contributed by atoms with Crippen LogP contribution in [-0.4, -0.2) is 30.9 Å². The fraction of sp³-hybridized carbons (Fsp3) is 0.179. The van der Waals surface area contributed by atoms with E-state index in [2.05, 4.69) is 22.0 Å². The Morgan fingerprint density at radius 1 is 1.00 bits per heavy atom. The molecule has 1 aliphatic rings. The molecular weight excluding hydrogens is 718 g/mol. The van der Waals surface area contributed by atoms with Gasteiger partial charge in [-0.15, -0.1) is 0 Å². The third kappa shape index (κ3) is 7.13. The Morgan fingerprint density at radius 3 is 2.40 bits per heavy atom. The predicted molar refractivity (Wildman–Crippen MR) is 195 cm³/mol. The number of methoxy groups -OCH3 is 1. The van der Waals surface area contributed by atoms with E-state index in [1.807, 2.05) is 79.7 Å². The molecule has 11 heteroatoms. The predicted octanol–water partition coefficient (Wildman–Crippen LogP) is 6.56. The van der Waals surface area contributed by atoms with E-state index < -0.39 is 12.0 Å². The second kappa shape index (κ2) is 15.4. The Balaban J connectivity index is 1.47. The van der Waals surface area contributed by atoms with Crippen molar-refractivity contribution in [1.82, 2.24) is 4.57 Å². The normalized spacial score (nSPS) is 14.0. The van der Waals surface area contributed by atoms with Crippen LogP contribution in [0.5, 0.6) is 17.2 Å². The lowest BCUT2D eigenvalue weighted by molar-refractivity contribution is -0.138. The van der Waals surface area contributed by atoms with Gasteiger partial charge in [0.25, 0.3) is 5.56 Å². The van der Waals surface area contributed by atoms with Crippen molar-refractivity contribution in [2.24, 2.45) is 4.99 Å². The minimum Gasteiger partial charge on any atom is -0.494 e. The number of hydrogen-bond acceptors (Lipinski definition) is 9. The summed E-state index contributed by atoms with van der Waals surface area (Å²) < 4.78 is 25.6. The topological polar surface area (TPSA) is 112 Å². The highest BCUT2D eigenvalue weighted by Gasteiger charge is 2.35. The maximum Gasteiger partial charge on any atom is 0.338 e. The van der Waals surface area contributed by atoms with Gasteiger partial charge in [0.15, 0.2) is 16.3 Å². The van der Waals surface area contributed by atoms with Crippen molar-refractivity contribution in [3.63, 3.8) is 0 Å². The molecule has 0 amide bonds.